The first-order valence-electron chi connectivity index (χ1n) is 8.74. The monoisotopic (exact) mass is 364 g/mol. The average Bonchev–Trinajstić information content (AvgIpc) is 3.04. The number of para-hydroxylation sites is 1. The van der Waals surface area contributed by atoms with E-state index in [9.17, 15) is 5.11 Å². The van der Waals surface area contributed by atoms with E-state index in [2.05, 4.69) is 27.1 Å². The number of hydrogen-bond acceptors (Lipinski definition) is 6. The molecule has 5 nitrogen and oxygen atoms in total. The van der Waals surface area contributed by atoms with Gasteiger partial charge in [0.05, 0.1) is 11.6 Å². The molecule has 0 atom stereocenters. The first-order valence-corrected chi connectivity index (χ1v) is 9.55. The zero-order valence-electron chi connectivity index (χ0n) is 14.4. The Labute approximate surface area is 156 Å². The van der Waals surface area contributed by atoms with Crippen molar-refractivity contribution >= 4 is 33.6 Å². The van der Waals surface area contributed by atoms with Crippen LogP contribution >= 0.6 is 11.3 Å². The first-order chi connectivity index (χ1) is 12.8. The van der Waals surface area contributed by atoms with Crippen LogP contribution in [-0.2, 0) is 19.3 Å². The molecule has 0 bridgehead atoms. The maximum absolute atomic E-state index is 10.3. The normalized spacial score (nSPS) is 13.8. The van der Waals surface area contributed by atoms with E-state index in [1.165, 1.54) is 23.3 Å². The quantitative estimate of drug-likeness (QED) is 0.399. The molecule has 0 aliphatic heterocycles. The van der Waals surface area contributed by atoms with E-state index in [1.807, 2.05) is 18.2 Å². The highest BCUT2D eigenvalue weighted by atomic mass is 32.1. The second kappa shape index (κ2) is 7.25. The molecule has 1 aromatic carbocycles. The molecule has 4 rings (SSSR count). The van der Waals surface area contributed by atoms with E-state index in [0.717, 1.165) is 34.4 Å². The molecule has 6 heteroatoms. The van der Waals surface area contributed by atoms with Crippen molar-refractivity contribution in [2.24, 2.45) is 5.10 Å². The summed E-state index contributed by atoms with van der Waals surface area (Å²) in [6.45, 7) is 3.72. The predicted octanol–water partition coefficient (Wildman–Crippen LogP) is 4.45. The number of aromatic hydroxyl groups is 1. The minimum atomic E-state index is 0.235. The van der Waals surface area contributed by atoms with Crippen molar-refractivity contribution in [2.45, 2.75) is 32.1 Å². The second-order valence-electron chi connectivity index (χ2n) is 6.33. The van der Waals surface area contributed by atoms with Crippen molar-refractivity contribution in [3.05, 3.63) is 58.7 Å². The minimum absolute atomic E-state index is 0.235. The van der Waals surface area contributed by atoms with Crippen molar-refractivity contribution in [1.82, 2.24) is 9.97 Å². The fourth-order valence-electron chi connectivity index (χ4n) is 3.37. The molecule has 0 amide bonds. The van der Waals surface area contributed by atoms with Crippen LogP contribution in [0.25, 0.3) is 10.2 Å². The van der Waals surface area contributed by atoms with Crippen molar-refractivity contribution in [3.63, 3.8) is 0 Å². The number of phenolic OH excluding ortho intramolecular Hbond substituents is 1. The average molecular weight is 364 g/mol. The smallest absolute Gasteiger partial charge is 0.158 e. The van der Waals surface area contributed by atoms with Crippen LogP contribution in [0.4, 0.5) is 5.82 Å². The summed E-state index contributed by atoms with van der Waals surface area (Å²) in [5, 5.41) is 15.7. The molecule has 3 aromatic rings. The van der Waals surface area contributed by atoms with Crippen LogP contribution in [0.1, 0.15) is 34.4 Å². The van der Waals surface area contributed by atoms with Gasteiger partial charge in [0.1, 0.15) is 16.9 Å². The maximum atomic E-state index is 10.3. The molecule has 26 heavy (non-hydrogen) atoms. The summed E-state index contributed by atoms with van der Waals surface area (Å²) in [4.78, 5) is 11.2. The van der Waals surface area contributed by atoms with E-state index in [1.54, 1.807) is 30.0 Å². The molecule has 2 heterocycles. The Morgan fingerprint density at radius 1 is 1.27 bits per heavy atom. The second-order valence-corrected chi connectivity index (χ2v) is 7.41. The standard InChI is InChI=1S/C20H20N4OS/c1-2-6-13-7-5-8-14(18(13)25)11-23-24-19-17-15-9-3-4-10-16(15)26-20(17)22-12-21-19/h2,5,7-8,11-12,25H,1,3-4,6,9-10H2,(H,21,22,24)/b23-11-. The molecular formula is C20H20N4OS. The number of aryl methyl sites for hydroxylation is 2. The van der Waals surface area contributed by atoms with Gasteiger partial charge in [-0.25, -0.2) is 9.97 Å². The third-order valence-electron chi connectivity index (χ3n) is 4.64. The van der Waals surface area contributed by atoms with Crippen LogP contribution in [0.5, 0.6) is 5.75 Å². The molecular weight excluding hydrogens is 344 g/mol. The molecule has 0 saturated heterocycles. The van der Waals surface area contributed by atoms with E-state index >= 15 is 0 Å². The maximum Gasteiger partial charge on any atom is 0.158 e. The number of phenols is 1. The van der Waals surface area contributed by atoms with Gasteiger partial charge in [0.15, 0.2) is 5.82 Å². The van der Waals surface area contributed by atoms with Crippen LogP contribution in [0.2, 0.25) is 0 Å². The Morgan fingerprint density at radius 2 is 2.15 bits per heavy atom. The lowest BCUT2D eigenvalue weighted by Gasteiger charge is -2.11. The van der Waals surface area contributed by atoms with E-state index in [-0.39, 0.29) is 5.75 Å². The van der Waals surface area contributed by atoms with E-state index in [0.29, 0.717) is 12.0 Å². The van der Waals surface area contributed by atoms with Crippen LogP contribution in [0.15, 0.2) is 42.3 Å². The first kappa shape index (κ1) is 16.7. The van der Waals surface area contributed by atoms with Crippen molar-refractivity contribution in [3.8, 4) is 5.75 Å². The minimum Gasteiger partial charge on any atom is -0.507 e. The number of aromatic nitrogens is 2. The van der Waals surface area contributed by atoms with Gasteiger partial charge in [-0.1, -0.05) is 18.2 Å². The molecule has 0 unspecified atom stereocenters. The Morgan fingerprint density at radius 3 is 3.04 bits per heavy atom. The molecule has 0 radical (unpaired) electrons. The van der Waals surface area contributed by atoms with Gasteiger partial charge in [0.2, 0.25) is 0 Å². The summed E-state index contributed by atoms with van der Waals surface area (Å²) in [6.07, 6.45) is 10.2. The summed E-state index contributed by atoms with van der Waals surface area (Å²) in [7, 11) is 0. The topological polar surface area (TPSA) is 70.4 Å². The molecule has 1 aliphatic rings. The number of hydrogen-bond donors (Lipinski definition) is 2. The highest BCUT2D eigenvalue weighted by molar-refractivity contribution is 7.19. The van der Waals surface area contributed by atoms with Crippen LogP contribution in [0, 0.1) is 0 Å². The van der Waals surface area contributed by atoms with Gasteiger partial charge in [-0.05, 0) is 49.3 Å². The zero-order valence-corrected chi connectivity index (χ0v) is 15.2. The Hall–Kier alpha value is -2.73. The van der Waals surface area contributed by atoms with Crippen LogP contribution < -0.4 is 5.43 Å². The van der Waals surface area contributed by atoms with Gasteiger partial charge in [-0.15, -0.1) is 17.9 Å². The Kier molecular flexibility index (Phi) is 4.67. The fraction of sp³-hybridized carbons (Fsp3) is 0.250. The van der Waals surface area contributed by atoms with Crippen molar-refractivity contribution < 1.29 is 5.11 Å². The summed E-state index contributed by atoms with van der Waals surface area (Å²) >= 11 is 1.76. The summed E-state index contributed by atoms with van der Waals surface area (Å²) in [5.41, 5.74) is 5.91. The van der Waals surface area contributed by atoms with Gasteiger partial charge in [-0.2, -0.15) is 5.10 Å². The molecule has 2 N–H and O–H groups in total. The summed E-state index contributed by atoms with van der Waals surface area (Å²) < 4.78 is 0. The molecule has 0 spiro atoms. The lowest BCUT2D eigenvalue weighted by molar-refractivity contribution is 0.469. The summed E-state index contributed by atoms with van der Waals surface area (Å²) in [6, 6.07) is 5.61. The number of hydrazone groups is 1. The van der Waals surface area contributed by atoms with E-state index in [4.69, 9.17) is 0 Å². The zero-order chi connectivity index (χ0) is 17.9. The number of allylic oxidation sites excluding steroid dienone is 1. The predicted molar refractivity (Wildman–Crippen MR) is 107 cm³/mol. The number of anilines is 1. The summed E-state index contributed by atoms with van der Waals surface area (Å²) in [5.74, 6) is 0.964. The van der Waals surface area contributed by atoms with Gasteiger partial charge in [-0.3, -0.25) is 5.43 Å². The van der Waals surface area contributed by atoms with Gasteiger partial charge in [0, 0.05) is 10.4 Å². The molecule has 132 valence electrons. The molecule has 1 aliphatic carbocycles. The number of nitrogens with zero attached hydrogens (tertiary/aromatic N) is 3. The molecule has 2 aromatic heterocycles. The number of thiophene rings is 1. The number of nitrogens with one attached hydrogen (secondary N) is 1. The van der Waals surface area contributed by atoms with Gasteiger partial charge in [0.25, 0.3) is 0 Å². The van der Waals surface area contributed by atoms with Crippen LogP contribution in [0.3, 0.4) is 0 Å². The van der Waals surface area contributed by atoms with Crippen LogP contribution in [-0.4, -0.2) is 21.3 Å². The van der Waals surface area contributed by atoms with Crippen molar-refractivity contribution in [2.75, 3.05) is 5.43 Å². The van der Waals surface area contributed by atoms with Crippen molar-refractivity contribution in [1.29, 1.82) is 0 Å². The number of benzene rings is 1. The van der Waals surface area contributed by atoms with Gasteiger partial charge < -0.3 is 5.11 Å². The highest BCUT2D eigenvalue weighted by Crippen LogP contribution is 2.38. The number of rotatable bonds is 5. The third-order valence-corrected chi connectivity index (χ3v) is 5.84. The fourth-order valence-corrected chi connectivity index (χ4v) is 4.60. The van der Waals surface area contributed by atoms with E-state index < -0.39 is 0 Å². The Bertz CT molecular complexity index is 993. The largest absolute Gasteiger partial charge is 0.507 e. The molecule has 0 saturated carbocycles. The third kappa shape index (κ3) is 3.08. The Balaban J connectivity index is 1.62. The van der Waals surface area contributed by atoms with Gasteiger partial charge >= 0.3 is 0 Å². The highest BCUT2D eigenvalue weighted by Gasteiger charge is 2.19. The molecule has 0 fully saturated rings. The lowest BCUT2D eigenvalue weighted by Crippen LogP contribution is -2.01. The lowest BCUT2D eigenvalue weighted by atomic mass is 9.97. The number of fused-ring (bicyclic) bond motifs is 3. The SMILES string of the molecule is C=CCc1cccc(/C=N\Nc2ncnc3sc4c(c23)CCCC4)c1O.